The molecular weight excluding hydrogens is 326 g/mol. The summed E-state index contributed by atoms with van der Waals surface area (Å²) in [5, 5.41) is 2.76. The molecule has 0 fully saturated rings. The van der Waals surface area contributed by atoms with Crippen LogP contribution in [0.4, 0.5) is 5.00 Å². The van der Waals surface area contributed by atoms with E-state index < -0.39 is 11.1 Å². The molecule has 6 nitrogen and oxygen atoms in total. The first-order chi connectivity index (χ1) is 11.5. The minimum Gasteiger partial charge on any atom is -0.317 e. The van der Waals surface area contributed by atoms with Crippen LogP contribution in [-0.4, -0.2) is 22.9 Å². The molecule has 0 bridgehead atoms. The van der Waals surface area contributed by atoms with Crippen LogP contribution in [0.5, 0.6) is 0 Å². The van der Waals surface area contributed by atoms with Crippen LogP contribution in [0.1, 0.15) is 6.42 Å². The van der Waals surface area contributed by atoms with Crippen LogP contribution >= 0.6 is 11.3 Å². The maximum atomic E-state index is 12.8. The van der Waals surface area contributed by atoms with E-state index in [2.05, 4.69) is 16.5 Å². The molecule has 0 saturated heterocycles. The Labute approximate surface area is 140 Å². The summed E-state index contributed by atoms with van der Waals surface area (Å²) in [5.74, 6) is -0.240. The molecule has 0 unspecified atom stereocenters. The van der Waals surface area contributed by atoms with E-state index in [-0.39, 0.29) is 16.6 Å². The number of H-pyrrole nitrogens is 2. The Bertz CT molecular complexity index is 1070. The van der Waals surface area contributed by atoms with Crippen LogP contribution in [-0.2, 0) is 4.79 Å². The fourth-order valence-corrected chi connectivity index (χ4v) is 3.15. The number of thiophene rings is 1. The Balaban J connectivity index is 2.17. The van der Waals surface area contributed by atoms with Crippen molar-refractivity contribution in [1.29, 1.82) is 0 Å². The van der Waals surface area contributed by atoms with Crippen molar-refractivity contribution in [1.82, 2.24) is 9.97 Å². The monoisotopic (exact) mass is 341 g/mol. The maximum Gasteiger partial charge on any atom is 0.272 e. The van der Waals surface area contributed by atoms with Gasteiger partial charge in [0.1, 0.15) is 5.35 Å². The van der Waals surface area contributed by atoms with Crippen LogP contribution in [0.2, 0.25) is 0 Å². The Morgan fingerprint density at radius 2 is 2.08 bits per heavy atom. The lowest BCUT2D eigenvalue weighted by Crippen LogP contribution is -2.47. The highest BCUT2D eigenvalue weighted by Gasteiger charge is 2.22. The van der Waals surface area contributed by atoms with E-state index in [1.807, 2.05) is 23.6 Å². The van der Waals surface area contributed by atoms with Gasteiger partial charge in [0.05, 0.1) is 10.4 Å². The summed E-state index contributed by atoms with van der Waals surface area (Å²) < 4.78 is 0. The van der Waals surface area contributed by atoms with Gasteiger partial charge in [-0.2, -0.15) is 0 Å². The van der Waals surface area contributed by atoms with Gasteiger partial charge in [-0.15, -0.1) is 11.3 Å². The van der Waals surface area contributed by atoms with Crippen LogP contribution in [0.3, 0.4) is 0 Å². The second kappa shape index (κ2) is 6.29. The van der Waals surface area contributed by atoms with Gasteiger partial charge in [-0.25, -0.2) is 0 Å². The van der Waals surface area contributed by atoms with E-state index in [9.17, 15) is 14.4 Å². The van der Waals surface area contributed by atoms with E-state index in [4.69, 9.17) is 0 Å². The molecule has 1 aliphatic rings. The summed E-state index contributed by atoms with van der Waals surface area (Å²) in [6, 6.07) is 3.70. The maximum absolute atomic E-state index is 12.8. The zero-order valence-corrected chi connectivity index (χ0v) is 13.8. The second-order valence-corrected chi connectivity index (χ2v) is 6.19. The van der Waals surface area contributed by atoms with Gasteiger partial charge in [-0.3, -0.25) is 14.4 Å². The number of nitrogens with one attached hydrogen (secondary N) is 2. The number of likely N-dealkylation sites (N-methyl/N-ethyl adjacent to an activating group) is 1. The highest BCUT2D eigenvalue weighted by atomic mass is 32.1. The summed E-state index contributed by atoms with van der Waals surface area (Å²) in [7, 11) is 1.68. The molecule has 0 spiro atoms. The van der Waals surface area contributed by atoms with Crippen molar-refractivity contribution in [3.05, 3.63) is 72.7 Å². The SMILES string of the molecule is C=c1[nH]c(=O)c(=C2CC=CC=C2C(=O)N(C)c2cccs2)[nH]c1=O. The topological polar surface area (TPSA) is 86.0 Å². The Kier molecular flexibility index (Phi) is 4.18. The molecule has 7 heteroatoms. The zero-order valence-electron chi connectivity index (χ0n) is 13.0. The van der Waals surface area contributed by atoms with Crippen molar-refractivity contribution in [2.24, 2.45) is 0 Å². The van der Waals surface area contributed by atoms with Crippen LogP contribution in [0.15, 0.2) is 50.9 Å². The molecule has 1 amide bonds. The highest BCUT2D eigenvalue weighted by molar-refractivity contribution is 7.14. The Morgan fingerprint density at radius 3 is 2.79 bits per heavy atom. The summed E-state index contributed by atoms with van der Waals surface area (Å²) in [6.45, 7) is 3.47. The number of hydrogen-bond donors (Lipinski definition) is 2. The largest absolute Gasteiger partial charge is 0.317 e. The number of hydrogen-bond acceptors (Lipinski definition) is 4. The van der Waals surface area contributed by atoms with Gasteiger partial charge in [-0.05, 0) is 35.6 Å². The number of anilines is 1. The van der Waals surface area contributed by atoms with Gasteiger partial charge in [0, 0.05) is 12.6 Å². The van der Waals surface area contributed by atoms with E-state index in [1.165, 1.54) is 16.2 Å². The van der Waals surface area contributed by atoms with Crippen LogP contribution < -0.4 is 26.7 Å². The van der Waals surface area contributed by atoms with Crippen molar-refractivity contribution in [3.8, 4) is 0 Å². The van der Waals surface area contributed by atoms with Crippen molar-refractivity contribution in [2.75, 3.05) is 11.9 Å². The number of aromatic nitrogens is 2. The number of carbonyl (C=O) groups excluding carboxylic acids is 1. The number of aromatic amines is 2. The molecule has 2 aromatic rings. The van der Waals surface area contributed by atoms with Gasteiger partial charge < -0.3 is 14.9 Å². The third kappa shape index (κ3) is 2.81. The van der Waals surface area contributed by atoms with E-state index in [1.54, 1.807) is 19.2 Å². The van der Waals surface area contributed by atoms with E-state index in [0.29, 0.717) is 17.6 Å². The summed E-state index contributed by atoms with van der Waals surface area (Å²) >= 11 is 1.44. The molecule has 2 heterocycles. The number of carbonyl (C=O) groups is 1. The Morgan fingerprint density at radius 1 is 1.29 bits per heavy atom. The number of rotatable bonds is 2. The van der Waals surface area contributed by atoms with Crippen LogP contribution in [0, 0.1) is 0 Å². The van der Waals surface area contributed by atoms with Crippen molar-refractivity contribution in [2.45, 2.75) is 6.42 Å². The molecule has 2 aromatic heterocycles. The number of amides is 1. The second-order valence-electron chi connectivity index (χ2n) is 5.27. The molecule has 0 saturated carbocycles. The molecule has 3 rings (SSSR count). The lowest BCUT2D eigenvalue weighted by molar-refractivity contribution is -0.114. The van der Waals surface area contributed by atoms with E-state index >= 15 is 0 Å². The summed E-state index contributed by atoms with van der Waals surface area (Å²) in [5.41, 5.74) is -0.0805. The molecular formula is C17H15N3O3S. The third-order valence-electron chi connectivity index (χ3n) is 3.72. The minimum absolute atomic E-state index is 0.0109. The standard InChI is InChI=1S/C17H15N3O3S/c1-10-15(21)19-14(16(22)18-10)11-6-3-4-7-12(11)17(23)20(2)13-8-5-9-24-13/h3-5,7-9H,1,6H2,2H3,(H,18,22)(H,19,21). The number of nitrogens with zero attached hydrogens (tertiary/aromatic N) is 1. The lowest BCUT2D eigenvalue weighted by Gasteiger charge is -2.19. The van der Waals surface area contributed by atoms with Gasteiger partial charge >= 0.3 is 0 Å². The third-order valence-corrected chi connectivity index (χ3v) is 4.67. The van der Waals surface area contributed by atoms with Gasteiger partial charge in [0.25, 0.3) is 17.0 Å². The summed E-state index contributed by atoms with van der Waals surface area (Å²) in [6.07, 6.45) is 5.63. The first-order valence-electron chi connectivity index (χ1n) is 7.22. The average molecular weight is 341 g/mol. The van der Waals surface area contributed by atoms with E-state index in [0.717, 1.165) is 5.00 Å². The molecule has 122 valence electrons. The average Bonchev–Trinajstić information content (AvgIpc) is 3.11. The molecule has 2 N–H and O–H groups in total. The van der Waals surface area contributed by atoms with Crippen molar-refractivity contribution < 1.29 is 4.79 Å². The van der Waals surface area contributed by atoms with Gasteiger partial charge in [0.15, 0.2) is 0 Å². The first kappa shape index (κ1) is 15.9. The number of allylic oxidation sites excluding steroid dienone is 3. The molecule has 1 aliphatic carbocycles. The van der Waals surface area contributed by atoms with Crippen molar-refractivity contribution in [3.63, 3.8) is 0 Å². The fourth-order valence-electron chi connectivity index (χ4n) is 2.45. The normalized spacial score (nSPS) is 16.0. The molecule has 0 aliphatic heterocycles. The molecule has 0 aromatic carbocycles. The van der Waals surface area contributed by atoms with Crippen molar-refractivity contribution >= 4 is 34.4 Å². The predicted octanol–water partition coefficient (Wildman–Crippen LogP) is 0.235. The molecule has 0 radical (unpaired) electrons. The molecule has 24 heavy (non-hydrogen) atoms. The zero-order chi connectivity index (χ0) is 17.3. The summed E-state index contributed by atoms with van der Waals surface area (Å²) in [4.78, 5) is 43.3. The lowest BCUT2D eigenvalue weighted by atomic mass is 9.96. The Hall–Kier alpha value is -2.93. The minimum atomic E-state index is -0.481. The first-order valence-corrected chi connectivity index (χ1v) is 8.10. The quantitative estimate of drug-likeness (QED) is 0.820. The predicted molar refractivity (Wildman–Crippen MR) is 95.4 cm³/mol. The van der Waals surface area contributed by atoms with Gasteiger partial charge in [0.2, 0.25) is 0 Å². The molecule has 0 atom stereocenters. The van der Waals surface area contributed by atoms with Crippen LogP contribution in [0.25, 0.3) is 12.2 Å². The van der Waals surface area contributed by atoms with Gasteiger partial charge in [-0.1, -0.05) is 18.7 Å². The fraction of sp³-hybridized carbons (Fsp3) is 0.118. The highest BCUT2D eigenvalue weighted by Crippen LogP contribution is 2.26. The smallest absolute Gasteiger partial charge is 0.272 e.